The van der Waals surface area contributed by atoms with E-state index in [0.717, 1.165) is 36.7 Å². The summed E-state index contributed by atoms with van der Waals surface area (Å²) in [6.45, 7) is 20.1. The van der Waals surface area contributed by atoms with Crippen molar-refractivity contribution in [3.05, 3.63) is 108 Å². The number of carbonyl (C=O) groups excluding carboxylic acids is 4. The second kappa shape index (κ2) is 26.8. The number of carbonyl (C=O) groups is 4. The number of ether oxygens (including phenoxy) is 3. The number of hydrogen-bond acceptors (Lipinski definition) is 9. The van der Waals surface area contributed by atoms with E-state index in [0.29, 0.717) is 39.3 Å². The molecule has 0 aromatic heterocycles. The molecule has 3 amide bonds. The normalized spacial score (nSPS) is 19.2. The molecule has 0 radical (unpaired) electrons. The summed E-state index contributed by atoms with van der Waals surface area (Å²) in [6.07, 6.45) is 1.31. The van der Waals surface area contributed by atoms with Crippen LogP contribution in [0.2, 0.25) is 0 Å². The number of hydrogen-bond donors (Lipinski definition) is 2. The van der Waals surface area contributed by atoms with Gasteiger partial charge in [-0.1, -0.05) is 60.7 Å². The molecule has 14 heteroatoms. The minimum absolute atomic E-state index is 0. The molecule has 3 fully saturated rings. The van der Waals surface area contributed by atoms with Crippen LogP contribution in [-0.2, 0) is 19.0 Å². The van der Waals surface area contributed by atoms with E-state index in [4.69, 9.17) is 14.2 Å². The average Bonchev–Trinajstić information content (AvgIpc) is 4.00. The molecule has 3 aromatic rings. The van der Waals surface area contributed by atoms with Crippen LogP contribution in [0.25, 0.3) is 0 Å². The molecule has 3 aromatic carbocycles. The topological polar surface area (TPSA) is 146 Å². The molecule has 3 saturated heterocycles. The molecule has 3 aliphatic rings. The van der Waals surface area contributed by atoms with Gasteiger partial charge < -0.3 is 60.9 Å². The van der Waals surface area contributed by atoms with E-state index in [1.807, 2.05) is 153 Å². The summed E-state index contributed by atoms with van der Waals surface area (Å²) in [4.78, 5) is 50.9. The van der Waals surface area contributed by atoms with Crippen LogP contribution in [0.3, 0.4) is 0 Å². The van der Waals surface area contributed by atoms with Crippen molar-refractivity contribution in [1.82, 2.24) is 14.7 Å². The maximum atomic E-state index is 12.0. The van der Waals surface area contributed by atoms with Gasteiger partial charge in [-0.15, -0.1) is 0 Å². The first kappa shape index (κ1) is 56.3. The average molecular weight is 935 g/mol. The van der Waals surface area contributed by atoms with Crippen LogP contribution in [0, 0.1) is 23.8 Å². The number of likely N-dealkylation sites (tertiary alicyclic amines) is 3. The van der Waals surface area contributed by atoms with Gasteiger partial charge >= 0.3 is 41.3 Å². The van der Waals surface area contributed by atoms with Crippen LogP contribution in [-0.4, -0.2) is 129 Å². The van der Waals surface area contributed by atoms with Crippen LogP contribution in [0.1, 0.15) is 105 Å². The summed E-state index contributed by atoms with van der Waals surface area (Å²) >= 11 is 0. The van der Waals surface area contributed by atoms with Crippen LogP contribution in [0.5, 0.6) is 0 Å². The van der Waals surface area contributed by atoms with Gasteiger partial charge in [-0.05, 0) is 92.7 Å². The second-order valence-corrected chi connectivity index (χ2v) is 18.3. The molecule has 62 heavy (non-hydrogen) atoms. The number of aliphatic hydroxyl groups is 2. The van der Waals surface area contributed by atoms with Crippen molar-refractivity contribution in [3.63, 3.8) is 0 Å². The van der Waals surface area contributed by atoms with Crippen molar-refractivity contribution < 1.29 is 60.6 Å². The number of aliphatic hydroxyl groups excluding tert-OH is 2. The van der Waals surface area contributed by atoms with Gasteiger partial charge in [-0.2, -0.15) is 36.4 Å². The summed E-state index contributed by atoms with van der Waals surface area (Å²) in [7, 11) is 0. The van der Waals surface area contributed by atoms with E-state index < -0.39 is 29.0 Å². The molecule has 5 atom stereocenters. The summed E-state index contributed by atoms with van der Waals surface area (Å²) < 4.78 is 15.9. The maximum absolute atomic E-state index is 12.0. The molecular formula is C48H68BrMgN3O9. The van der Waals surface area contributed by atoms with Crippen molar-refractivity contribution in [2.75, 3.05) is 39.3 Å². The SMILES string of the molecule is CC(C)(C)OC(=O)N1CC[C@H](C=O)C1.CC(C)(C)OC(=O)N1CC[C@H]([C@@H](O)c2ccccc2)C1.CC(C)(C)OC(=O)N1CC[C@H]([C@H](O)c2ccccc2)C1.[Br-].[Mg+2].[c-]1ccccc1. The largest absolute Gasteiger partial charge is 2.00 e. The van der Waals surface area contributed by atoms with Gasteiger partial charge in [0, 0.05) is 57.0 Å². The molecular weight excluding hydrogens is 867 g/mol. The minimum atomic E-state index is -0.524. The van der Waals surface area contributed by atoms with Crippen molar-refractivity contribution in [2.45, 2.75) is 111 Å². The Morgan fingerprint density at radius 1 is 0.581 bits per heavy atom. The molecule has 6 rings (SSSR count). The van der Waals surface area contributed by atoms with E-state index in [1.54, 1.807) is 14.7 Å². The van der Waals surface area contributed by atoms with E-state index in [1.165, 1.54) is 0 Å². The Kier molecular flexibility index (Phi) is 24.4. The second-order valence-electron chi connectivity index (χ2n) is 18.3. The quantitative estimate of drug-likeness (QED) is 0.147. The Labute approximate surface area is 396 Å². The molecule has 338 valence electrons. The van der Waals surface area contributed by atoms with E-state index >= 15 is 0 Å². The number of amides is 3. The standard InChI is InChI=1S/2C16H23NO3.C10H17NO3.C6H5.BrH.Mg/c2*1-16(2,3)20-15(19)17-10-9-13(11-17)14(18)12-7-5-4-6-8-12;1-10(2,3)14-9(13)11-5-4-8(6-11)7-12;1-2-4-6-5-3-1;;/h2*4-8,13-14,18H,9-11H2,1-3H3;7-8H,4-6H2,1-3H3;1-5H;1H;/q;;;-1;;+2/p-1/t13-,14+;13-,14-;8-;;;/m000.../s1. The Morgan fingerprint density at radius 2 is 0.903 bits per heavy atom. The van der Waals surface area contributed by atoms with Crippen LogP contribution in [0.4, 0.5) is 14.4 Å². The Balaban J connectivity index is 0.000000434. The molecule has 0 unspecified atom stereocenters. The zero-order chi connectivity index (χ0) is 44.5. The monoisotopic (exact) mass is 933 g/mol. The zero-order valence-corrected chi connectivity index (χ0v) is 41.2. The van der Waals surface area contributed by atoms with Crippen molar-refractivity contribution in [1.29, 1.82) is 0 Å². The Bertz CT molecular complexity index is 1620. The molecule has 12 nitrogen and oxygen atoms in total. The Morgan fingerprint density at radius 3 is 1.18 bits per heavy atom. The van der Waals surface area contributed by atoms with Gasteiger partial charge in [-0.3, -0.25) is 0 Å². The van der Waals surface area contributed by atoms with E-state index in [9.17, 15) is 29.4 Å². The Hall–Kier alpha value is -3.69. The molecule has 0 saturated carbocycles. The number of rotatable bonds is 5. The zero-order valence-electron chi connectivity index (χ0n) is 38.2. The van der Waals surface area contributed by atoms with Crippen LogP contribution in [0.15, 0.2) is 91.0 Å². The van der Waals surface area contributed by atoms with Gasteiger partial charge in [0.25, 0.3) is 0 Å². The first-order chi connectivity index (χ1) is 28.2. The van der Waals surface area contributed by atoms with Gasteiger partial charge in [0.2, 0.25) is 0 Å². The maximum Gasteiger partial charge on any atom is 2.00 e. The first-order valence-electron chi connectivity index (χ1n) is 20.9. The van der Waals surface area contributed by atoms with Gasteiger partial charge in [0.05, 0.1) is 12.2 Å². The van der Waals surface area contributed by atoms with Crippen molar-refractivity contribution >= 4 is 47.6 Å². The van der Waals surface area contributed by atoms with Gasteiger partial charge in [0.15, 0.2) is 0 Å². The number of aldehydes is 1. The third kappa shape index (κ3) is 21.1. The molecule has 0 aliphatic carbocycles. The molecule has 0 bridgehead atoms. The van der Waals surface area contributed by atoms with E-state index in [2.05, 4.69) is 6.07 Å². The third-order valence-electron chi connectivity index (χ3n) is 9.60. The third-order valence-corrected chi connectivity index (χ3v) is 9.60. The molecule has 3 aliphatic heterocycles. The summed E-state index contributed by atoms with van der Waals surface area (Å²) in [5.41, 5.74) is 0.392. The van der Waals surface area contributed by atoms with Crippen molar-refractivity contribution in [2.24, 2.45) is 17.8 Å². The summed E-state index contributed by atoms with van der Waals surface area (Å²) in [6, 6.07) is 31.7. The number of nitrogens with zero attached hydrogens (tertiary/aromatic N) is 3. The summed E-state index contributed by atoms with van der Waals surface area (Å²) in [5, 5.41) is 20.7. The fraction of sp³-hybridized carbons (Fsp3) is 0.542. The van der Waals surface area contributed by atoms with Crippen LogP contribution >= 0.6 is 0 Å². The van der Waals surface area contributed by atoms with Gasteiger partial charge in [0.1, 0.15) is 23.1 Å². The number of halogens is 1. The first-order valence-corrected chi connectivity index (χ1v) is 20.9. The van der Waals surface area contributed by atoms with E-state index in [-0.39, 0.29) is 76.1 Å². The minimum Gasteiger partial charge on any atom is -1.00 e. The fourth-order valence-corrected chi connectivity index (χ4v) is 6.65. The van der Waals surface area contributed by atoms with Gasteiger partial charge in [-0.25, -0.2) is 14.4 Å². The molecule has 0 spiro atoms. The fourth-order valence-electron chi connectivity index (χ4n) is 6.65. The summed E-state index contributed by atoms with van der Waals surface area (Å²) in [5.74, 6) is 0.136. The smallest absolute Gasteiger partial charge is 1.00 e. The molecule has 3 heterocycles. The van der Waals surface area contributed by atoms with Crippen molar-refractivity contribution in [3.8, 4) is 0 Å². The predicted octanol–water partition coefficient (Wildman–Crippen LogP) is 5.51. The van der Waals surface area contributed by atoms with Crippen LogP contribution < -0.4 is 17.0 Å². The number of benzene rings is 3. The molecule has 2 N–H and O–H groups in total. The predicted molar refractivity (Wildman–Crippen MR) is 238 cm³/mol.